The molecule has 4 rings (SSSR count). The minimum absolute atomic E-state index is 0.652. The SMILES string of the molecule is Cc1cc(Nc2nccc3nc(-c4c(C)cccc4Cl)[nH]c23)ncn1. The van der Waals surface area contributed by atoms with Crippen molar-refractivity contribution in [3.05, 3.63) is 59.1 Å². The number of nitrogens with zero attached hydrogens (tertiary/aromatic N) is 4. The van der Waals surface area contributed by atoms with Crippen LogP contribution in [0.25, 0.3) is 22.4 Å². The van der Waals surface area contributed by atoms with E-state index in [0.717, 1.165) is 27.9 Å². The minimum Gasteiger partial charge on any atom is -0.335 e. The van der Waals surface area contributed by atoms with E-state index in [1.165, 1.54) is 6.33 Å². The number of anilines is 2. The number of fused-ring (bicyclic) bond motifs is 1. The number of hydrogen-bond donors (Lipinski definition) is 2. The summed E-state index contributed by atoms with van der Waals surface area (Å²) in [5, 5.41) is 3.88. The van der Waals surface area contributed by atoms with Gasteiger partial charge in [-0.3, -0.25) is 0 Å². The molecule has 0 aliphatic heterocycles. The number of hydrogen-bond acceptors (Lipinski definition) is 5. The molecule has 3 aromatic heterocycles. The number of H-pyrrole nitrogens is 1. The number of imidazole rings is 1. The van der Waals surface area contributed by atoms with Crippen LogP contribution in [0.15, 0.2) is 42.9 Å². The van der Waals surface area contributed by atoms with Crippen molar-refractivity contribution in [2.45, 2.75) is 13.8 Å². The molecule has 0 aliphatic rings. The van der Waals surface area contributed by atoms with E-state index >= 15 is 0 Å². The maximum atomic E-state index is 6.37. The number of pyridine rings is 1. The standard InChI is InChI=1S/C18H15ClN6/c1-10-4-3-5-12(19)15(10)17-23-13-6-7-20-18(16(13)25-17)24-14-8-11(2)21-9-22-14/h3-9H,1-2H3,(H,23,25)(H,20,21,22,24). The third-order valence-corrected chi connectivity index (χ3v) is 4.23. The van der Waals surface area contributed by atoms with E-state index in [4.69, 9.17) is 11.6 Å². The Hall–Kier alpha value is -2.99. The lowest BCUT2D eigenvalue weighted by Gasteiger charge is -2.06. The molecule has 7 heteroatoms. The second-order valence-electron chi connectivity index (χ2n) is 5.74. The minimum atomic E-state index is 0.652. The number of aryl methyl sites for hydroxylation is 2. The van der Waals surface area contributed by atoms with Gasteiger partial charge in [0, 0.05) is 23.5 Å². The molecule has 0 aliphatic carbocycles. The van der Waals surface area contributed by atoms with Crippen molar-refractivity contribution in [3.63, 3.8) is 0 Å². The molecule has 0 spiro atoms. The van der Waals surface area contributed by atoms with Crippen molar-refractivity contribution < 1.29 is 0 Å². The van der Waals surface area contributed by atoms with Gasteiger partial charge in [-0.25, -0.2) is 19.9 Å². The molecule has 124 valence electrons. The molecular weight excluding hydrogens is 336 g/mol. The summed E-state index contributed by atoms with van der Waals surface area (Å²) in [5.41, 5.74) is 4.43. The lowest BCUT2D eigenvalue weighted by atomic mass is 10.1. The first-order valence-electron chi connectivity index (χ1n) is 7.77. The Kier molecular flexibility index (Phi) is 3.82. The van der Waals surface area contributed by atoms with Crippen molar-refractivity contribution in [1.29, 1.82) is 0 Å². The largest absolute Gasteiger partial charge is 0.335 e. The normalized spacial score (nSPS) is 11.0. The van der Waals surface area contributed by atoms with Gasteiger partial charge in [0.25, 0.3) is 0 Å². The number of halogens is 1. The quantitative estimate of drug-likeness (QED) is 0.571. The molecule has 25 heavy (non-hydrogen) atoms. The second kappa shape index (κ2) is 6.14. The van der Waals surface area contributed by atoms with Gasteiger partial charge in [0.1, 0.15) is 23.5 Å². The van der Waals surface area contributed by atoms with E-state index in [1.54, 1.807) is 6.20 Å². The first-order chi connectivity index (χ1) is 12.1. The molecule has 3 heterocycles. The van der Waals surface area contributed by atoms with Gasteiger partial charge >= 0.3 is 0 Å². The second-order valence-corrected chi connectivity index (χ2v) is 6.15. The van der Waals surface area contributed by atoms with Crippen molar-refractivity contribution in [3.8, 4) is 11.4 Å². The zero-order chi connectivity index (χ0) is 17.4. The van der Waals surface area contributed by atoms with Crippen LogP contribution in [0.3, 0.4) is 0 Å². The molecule has 2 N–H and O–H groups in total. The molecule has 6 nitrogen and oxygen atoms in total. The Labute approximate surface area is 149 Å². The van der Waals surface area contributed by atoms with E-state index < -0.39 is 0 Å². The maximum absolute atomic E-state index is 6.37. The van der Waals surface area contributed by atoms with E-state index in [0.29, 0.717) is 22.5 Å². The van der Waals surface area contributed by atoms with Gasteiger partial charge in [0.2, 0.25) is 0 Å². The van der Waals surface area contributed by atoms with Crippen molar-refractivity contribution >= 4 is 34.3 Å². The highest BCUT2D eigenvalue weighted by Gasteiger charge is 2.14. The highest BCUT2D eigenvalue weighted by atomic mass is 35.5. The summed E-state index contributed by atoms with van der Waals surface area (Å²) in [5.74, 6) is 2.05. The molecule has 0 amide bonds. The predicted octanol–water partition coefficient (Wildman–Crippen LogP) is 4.43. The summed E-state index contributed by atoms with van der Waals surface area (Å²) in [7, 11) is 0. The van der Waals surface area contributed by atoms with Crippen molar-refractivity contribution in [2.24, 2.45) is 0 Å². The summed E-state index contributed by atoms with van der Waals surface area (Å²) >= 11 is 6.37. The van der Waals surface area contributed by atoms with Crippen LogP contribution in [0.4, 0.5) is 11.6 Å². The molecule has 0 fully saturated rings. The van der Waals surface area contributed by atoms with Crippen LogP contribution in [-0.4, -0.2) is 24.9 Å². The zero-order valence-corrected chi connectivity index (χ0v) is 14.5. The Balaban J connectivity index is 1.82. The lowest BCUT2D eigenvalue weighted by molar-refractivity contribution is 1.10. The number of aromatic nitrogens is 5. The van der Waals surface area contributed by atoms with E-state index in [2.05, 4.69) is 30.2 Å². The number of nitrogens with one attached hydrogen (secondary N) is 2. The van der Waals surface area contributed by atoms with E-state index in [9.17, 15) is 0 Å². The van der Waals surface area contributed by atoms with Gasteiger partial charge in [-0.2, -0.15) is 0 Å². The third-order valence-electron chi connectivity index (χ3n) is 3.91. The zero-order valence-electron chi connectivity index (χ0n) is 13.7. The fourth-order valence-electron chi connectivity index (χ4n) is 2.72. The van der Waals surface area contributed by atoms with Crippen LogP contribution in [0.2, 0.25) is 5.02 Å². The fourth-order valence-corrected chi connectivity index (χ4v) is 3.04. The van der Waals surface area contributed by atoms with Crippen LogP contribution in [0.5, 0.6) is 0 Å². The maximum Gasteiger partial charge on any atom is 0.157 e. The molecule has 1 aromatic carbocycles. The average Bonchev–Trinajstić information content (AvgIpc) is 2.99. The third kappa shape index (κ3) is 2.92. The lowest BCUT2D eigenvalue weighted by Crippen LogP contribution is -1.98. The summed E-state index contributed by atoms with van der Waals surface area (Å²) in [6.07, 6.45) is 3.23. The summed E-state index contributed by atoms with van der Waals surface area (Å²) in [4.78, 5) is 20.7. The molecule has 4 aromatic rings. The molecule has 0 unspecified atom stereocenters. The predicted molar refractivity (Wildman–Crippen MR) is 99.1 cm³/mol. The summed E-state index contributed by atoms with van der Waals surface area (Å²) in [6, 6.07) is 9.51. The highest BCUT2D eigenvalue weighted by Crippen LogP contribution is 2.32. The molecule has 0 saturated heterocycles. The van der Waals surface area contributed by atoms with Gasteiger partial charge in [-0.15, -0.1) is 0 Å². The smallest absolute Gasteiger partial charge is 0.157 e. The first-order valence-corrected chi connectivity index (χ1v) is 8.15. The van der Waals surface area contributed by atoms with E-state index in [1.807, 2.05) is 44.2 Å². The average molecular weight is 351 g/mol. The fraction of sp³-hybridized carbons (Fsp3) is 0.111. The Bertz CT molecular complexity index is 1050. The summed E-state index contributed by atoms with van der Waals surface area (Å²) in [6.45, 7) is 3.92. The van der Waals surface area contributed by atoms with Crippen LogP contribution in [-0.2, 0) is 0 Å². The van der Waals surface area contributed by atoms with Gasteiger partial charge < -0.3 is 10.3 Å². The van der Waals surface area contributed by atoms with Gasteiger partial charge in [0.05, 0.1) is 10.5 Å². The van der Waals surface area contributed by atoms with E-state index in [-0.39, 0.29) is 0 Å². The molecule has 0 radical (unpaired) electrons. The van der Waals surface area contributed by atoms with Gasteiger partial charge in [-0.1, -0.05) is 23.7 Å². The Morgan fingerprint density at radius 3 is 2.76 bits per heavy atom. The molecule has 0 atom stereocenters. The number of aromatic amines is 1. The molecular formula is C18H15ClN6. The van der Waals surface area contributed by atoms with Crippen LogP contribution in [0, 0.1) is 13.8 Å². The van der Waals surface area contributed by atoms with Crippen LogP contribution >= 0.6 is 11.6 Å². The number of rotatable bonds is 3. The first kappa shape index (κ1) is 15.5. The van der Waals surface area contributed by atoms with Crippen molar-refractivity contribution in [2.75, 3.05) is 5.32 Å². The summed E-state index contributed by atoms with van der Waals surface area (Å²) < 4.78 is 0. The van der Waals surface area contributed by atoms with Gasteiger partial charge in [0.15, 0.2) is 5.82 Å². The molecule has 0 saturated carbocycles. The van der Waals surface area contributed by atoms with Crippen molar-refractivity contribution in [1.82, 2.24) is 24.9 Å². The Morgan fingerprint density at radius 2 is 1.96 bits per heavy atom. The highest BCUT2D eigenvalue weighted by molar-refractivity contribution is 6.33. The monoisotopic (exact) mass is 350 g/mol. The van der Waals surface area contributed by atoms with Crippen LogP contribution < -0.4 is 5.32 Å². The van der Waals surface area contributed by atoms with Gasteiger partial charge in [-0.05, 0) is 31.5 Å². The number of benzene rings is 1. The molecule has 0 bridgehead atoms. The van der Waals surface area contributed by atoms with Crippen LogP contribution in [0.1, 0.15) is 11.3 Å². The topological polar surface area (TPSA) is 79.4 Å². The Morgan fingerprint density at radius 1 is 1.08 bits per heavy atom.